The van der Waals surface area contributed by atoms with E-state index in [9.17, 15) is 19.2 Å². The molecule has 28 heavy (non-hydrogen) atoms. The molecule has 3 rings (SSSR count). The van der Waals surface area contributed by atoms with Crippen LogP contribution in [0, 0.1) is 12.8 Å². The molecule has 3 atom stereocenters. The Bertz CT molecular complexity index is 904. The number of Topliss-reactive ketones (excluding diaryl/α,β-unsaturated/α-hetero) is 1. The van der Waals surface area contributed by atoms with E-state index in [-0.39, 0.29) is 23.5 Å². The molecule has 8 nitrogen and oxygen atoms in total. The van der Waals surface area contributed by atoms with Gasteiger partial charge in [0.25, 0.3) is 5.91 Å². The molecule has 0 bridgehead atoms. The summed E-state index contributed by atoms with van der Waals surface area (Å²) in [6, 6.07) is 3.15. The molecule has 8 heteroatoms. The number of carbonyl (C=O) groups excluding carboxylic acids is 4. The molecule has 1 heterocycles. The Kier molecular flexibility index (Phi) is 4.97. The summed E-state index contributed by atoms with van der Waals surface area (Å²) >= 11 is 0. The molecule has 0 radical (unpaired) electrons. The summed E-state index contributed by atoms with van der Waals surface area (Å²) in [5.74, 6) is -2.95. The number of ketones is 1. The van der Waals surface area contributed by atoms with E-state index in [0.29, 0.717) is 5.56 Å². The van der Waals surface area contributed by atoms with Crippen molar-refractivity contribution >= 4 is 23.6 Å². The average Bonchev–Trinajstić information content (AvgIpc) is 2.60. The molecule has 0 saturated carbocycles. The normalized spacial score (nSPS) is 25.1. The molecule has 1 aromatic rings. The van der Waals surface area contributed by atoms with Gasteiger partial charge in [0.05, 0.1) is 5.92 Å². The lowest BCUT2D eigenvalue weighted by Gasteiger charge is -2.46. The minimum absolute atomic E-state index is 0.0802. The van der Waals surface area contributed by atoms with E-state index in [4.69, 9.17) is 14.2 Å². The van der Waals surface area contributed by atoms with Crippen LogP contribution in [-0.2, 0) is 19.1 Å². The van der Waals surface area contributed by atoms with E-state index in [1.165, 1.54) is 20.9 Å². The first-order valence-corrected chi connectivity index (χ1v) is 8.83. The Morgan fingerprint density at radius 3 is 2.54 bits per heavy atom. The lowest BCUT2D eigenvalue weighted by Crippen LogP contribution is -2.67. The fourth-order valence-corrected chi connectivity index (χ4v) is 3.76. The fourth-order valence-electron chi connectivity index (χ4n) is 3.76. The van der Waals surface area contributed by atoms with Crippen LogP contribution in [0.4, 0.5) is 0 Å². The van der Waals surface area contributed by atoms with Crippen molar-refractivity contribution in [3.05, 3.63) is 35.4 Å². The quantitative estimate of drug-likeness (QED) is 0.475. The number of carbonyl (C=O) groups is 4. The van der Waals surface area contributed by atoms with Crippen LogP contribution in [0.5, 0.6) is 11.5 Å². The third-order valence-electron chi connectivity index (χ3n) is 4.80. The summed E-state index contributed by atoms with van der Waals surface area (Å²) in [6.45, 7) is 4.19. The van der Waals surface area contributed by atoms with Gasteiger partial charge in [-0.15, -0.1) is 0 Å². The van der Waals surface area contributed by atoms with Crippen molar-refractivity contribution in [1.29, 1.82) is 0 Å². The van der Waals surface area contributed by atoms with Crippen molar-refractivity contribution in [2.24, 2.45) is 5.92 Å². The smallest absolute Gasteiger partial charge is 0.308 e. The third-order valence-corrected chi connectivity index (χ3v) is 4.80. The number of nitrogens with one attached hydrogen (secondary N) is 1. The fraction of sp³-hybridized carbons (Fsp3) is 0.400. The molecule has 1 amide bonds. The van der Waals surface area contributed by atoms with Crippen molar-refractivity contribution in [2.75, 3.05) is 7.05 Å². The van der Waals surface area contributed by atoms with Gasteiger partial charge in [-0.1, -0.05) is 6.08 Å². The largest absolute Gasteiger partial charge is 0.471 e. The van der Waals surface area contributed by atoms with E-state index < -0.39 is 41.3 Å². The van der Waals surface area contributed by atoms with Crippen molar-refractivity contribution in [3.63, 3.8) is 0 Å². The van der Waals surface area contributed by atoms with Gasteiger partial charge in [-0.25, -0.2) is 0 Å². The third kappa shape index (κ3) is 3.04. The van der Waals surface area contributed by atoms with Crippen molar-refractivity contribution in [1.82, 2.24) is 5.32 Å². The molecule has 0 fully saturated rings. The number of hydrogen-bond acceptors (Lipinski definition) is 7. The summed E-state index contributed by atoms with van der Waals surface area (Å²) < 4.78 is 16.6. The maximum atomic E-state index is 13.4. The molecular formula is C20H21NO7. The number of ether oxygens (including phenoxy) is 3. The molecule has 1 aliphatic heterocycles. The van der Waals surface area contributed by atoms with Gasteiger partial charge < -0.3 is 19.5 Å². The number of allylic oxidation sites excluding steroid dienone is 1. The Hall–Kier alpha value is -3.16. The second-order valence-electron chi connectivity index (χ2n) is 6.81. The number of hydrogen-bond donors (Lipinski definition) is 1. The minimum atomic E-state index is -1.75. The highest BCUT2D eigenvalue weighted by molar-refractivity contribution is 6.09. The zero-order valence-corrected chi connectivity index (χ0v) is 16.0. The number of rotatable bonds is 3. The van der Waals surface area contributed by atoms with Gasteiger partial charge >= 0.3 is 11.9 Å². The van der Waals surface area contributed by atoms with Gasteiger partial charge in [0.1, 0.15) is 17.1 Å². The molecule has 1 aromatic carbocycles. The first-order valence-electron chi connectivity index (χ1n) is 8.83. The highest BCUT2D eigenvalue weighted by Gasteiger charge is 2.62. The Morgan fingerprint density at radius 2 is 1.93 bits per heavy atom. The van der Waals surface area contributed by atoms with E-state index >= 15 is 0 Å². The van der Waals surface area contributed by atoms with Crippen LogP contribution in [0.2, 0.25) is 0 Å². The van der Waals surface area contributed by atoms with Gasteiger partial charge in [0.15, 0.2) is 11.9 Å². The summed E-state index contributed by atoms with van der Waals surface area (Å²) in [6.07, 6.45) is 2.34. The standard InChI is InChI=1S/C20H21NO7/c1-10-8-14(26-11(2)22)17-15(9-10)28-20(19(25)21-4)13(18(17)24)6-5-7-16(20)27-12(3)23/h5,7-9,13,16H,6H2,1-4H3,(H,21,25)/t13?,16-,20+/m1/s1. The summed E-state index contributed by atoms with van der Waals surface area (Å²) in [5.41, 5.74) is -0.980. The molecule has 1 N–H and O–H groups in total. The first kappa shape index (κ1) is 19.6. The second kappa shape index (κ2) is 7.10. The summed E-state index contributed by atoms with van der Waals surface area (Å²) in [4.78, 5) is 49.4. The summed E-state index contributed by atoms with van der Waals surface area (Å²) in [5, 5.41) is 2.51. The SMILES string of the molecule is CNC(=O)[C@]12Oc3cc(C)cc(OC(C)=O)c3C(=O)C1CC=C[C@H]2OC(C)=O. The van der Waals surface area contributed by atoms with E-state index in [1.54, 1.807) is 31.2 Å². The number of aryl methyl sites for hydroxylation is 1. The number of fused-ring (bicyclic) bond motifs is 2. The second-order valence-corrected chi connectivity index (χ2v) is 6.81. The van der Waals surface area contributed by atoms with E-state index in [2.05, 4.69) is 5.32 Å². The topological polar surface area (TPSA) is 108 Å². The highest BCUT2D eigenvalue weighted by Crippen LogP contribution is 2.47. The highest BCUT2D eigenvalue weighted by atomic mass is 16.6. The Labute approximate surface area is 161 Å². The number of benzene rings is 1. The first-order chi connectivity index (χ1) is 13.2. The molecule has 0 spiro atoms. The zero-order chi connectivity index (χ0) is 20.6. The van der Waals surface area contributed by atoms with E-state index in [0.717, 1.165) is 0 Å². The van der Waals surface area contributed by atoms with Gasteiger partial charge in [-0.3, -0.25) is 19.2 Å². The van der Waals surface area contributed by atoms with Crippen LogP contribution >= 0.6 is 0 Å². The maximum absolute atomic E-state index is 13.4. The molecule has 1 unspecified atom stereocenters. The average molecular weight is 387 g/mol. The van der Waals surface area contributed by atoms with Crippen LogP contribution in [-0.4, -0.2) is 42.4 Å². The van der Waals surface area contributed by atoms with Crippen LogP contribution in [0.15, 0.2) is 24.3 Å². The molecule has 0 aromatic heterocycles. The lowest BCUT2D eigenvalue weighted by molar-refractivity contribution is -0.168. The minimum Gasteiger partial charge on any atom is -0.471 e. The maximum Gasteiger partial charge on any atom is 0.308 e. The van der Waals surface area contributed by atoms with Gasteiger partial charge in [-0.2, -0.15) is 0 Å². The van der Waals surface area contributed by atoms with Gasteiger partial charge in [0.2, 0.25) is 5.60 Å². The lowest BCUT2D eigenvalue weighted by atomic mass is 9.70. The molecule has 0 saturated heterocycles. The van der Waals surface area contributed by atoms with Crippen molar-refractivity contribution < 1.29 is 33.4 Å². The Morgan fingerprint density at radius 1 is 1.21 bits per heavy atom. The van der Waals surface area contributed by atoms with Crippen LogP contribution in [0.25, 0.3) is 0 Å². The van der Waals surface area contributed by atoms with Crippen LogP contribution in [0.1, 0.15) is 36.2 Å². The zero-order valence-electron chi connectivity index (χ0n) is 16.0. The van der Waals surface area contributed by atoms with Crippen LogP contribution < -0.4 is 14.8 Å². The number of esters is 2. The summed E-state index contributed by atoms with van der Waals surface area (Å²) in [7, 11) is 1.42. The molecular weight excluding hydrogens is 366 g/mol. The van der Waals surface area contributed by atoms with Crippen molar-refractivity contribution in [3.8, 4) is 11.5 Å². The van der Waals surface area contributed by atoms with Crippen molar-refractivity contribution in [2.45, 2.75) is 38.9 Å². The predicted molar refractivity (Wildman–Crippen MR) is 97.0 cm³/mol. The molecule has 2 aliphatic rings. The van der Waals surface area contributed by atoms with Gasteiger partial charge in [-0.05, 0) is 37.1 Å². The van der Waals surface area contributed by atoms with Crippen LogP contribution in [0.3, 0.4) is 0 Å². The van der Waals surface area contributed by atoms with E-state index in [1.807, 2.05) is 0 Å². The molecule has 1 aliphatic carbocycles. The monoisotopic (exact) mass is 387 g/mol. The number of amides is 1. The Balaban J connectivity index is 2.22. The molecule has 148 valence electrons. The number of likely N-dealkylation sites (N-methyl/N-ethyl adjacent to an activating group) is 1. The predicted octanol–water partition coefficient (Wildman–Crippen LogP) is 1.49. The van der Waals surface area contributed by atoms with Gasteiger partial charge in [0, 0.05) is 20.9 Å².